The van der Waals surface area contributed by atoms with Crippen molar-refractivity contribution < 1.29 is 0 Å². The average molecular weight is 312 g/mol. The van der Waals surface area contributed by atoms with Crippen LogP contribution in [0.4, 0.5) is 5.69 Å². The van der Waals surface area contributed by atoms with Crippen LogP contribution in [0.3, 0.4) is 0 Å². The van der Waals surface area contributed by atoms with Crippen molar-refractivity contribution in [2.75, 3.05) is 45.2 Å². The monoisotopic (exact) mass is 311 g/mol. The van der Waals surface area contributed by atoms with Gasteiger partial charge in [0, 0.05) is 43.7 Å². The lowest BCUT2D eigenvalue weighted by atomic mass is 10.1. The molecule has 3 nitrogen and oxygen atoms in total. The van der Waals surface area contributed by atoms with Crippen molar-refractivity contribution in [3.8, 4) is 0 Å². The Kier molecular flexibility index (Phi) is 4.65. The minimum atomic E-state index is 0.581. The summed E-state index contributed by atoms with van der Waals surface area (Å²) in [6, 6.07) is 7.11. The number of benzene rings is 1. The number of hydrogen-bond donors (Lipinski definition) is 1. The standard InChI is InChI=1S/C14H22BrN3/c1-11-4-5-14(13(15)8-11)18(3)10-12-9-16-6-7-17(12)2/h4-5,8,12,16H,6-7,9-10H2,1-3H3. The van der Waals surface area contributed by atoms with Crippen molar-refractivity contribution in [2.45, 2.75) is 13.0 Å². The van der Waals surface area contributed by atoms with Crippen molar-refractivity contribution in [3.05, 3.63) is 28.2 Å². The summed E-state index contributed by atoms with van der Waals surface area (Å²) in [7, 11) is 4.38. The molecule has 0 spiro atoms. The van der Waals surface area contributed by atoms with Gasteiger partial charge in [0.05, 0.1) is 5.69 Å². The lowest BCUT2D eigenvalue weighted by Gasteiger charge is -2.36. The Labute approximate surface area is 118 Å². The number of likely N-dealkylation sites (N-methyl/N-ethyl adjacent to an activating group) is 2. The Hall–Kier alpha value is -0.580. The van der Waals surface area contributed by atoms with E-state index >= 15 is 0 Å². The van der Waals surface area contributed by atoms with Crippen LogP contribution in [-0.2, 0) is 0 Å². The Morgan fingerprint density at radius 2 is 2.28 bits per heavy atom. The summed E-state index contributed by atoms with van der Waals surface area (Å²) in [6.45, 7) is 6.47. The summed E-state index contributed by atoms with van der Waals surface area (Å²) in [6.07, 6.45) is 0. The largest absolute Gasteiger partial charge is 0.372 e. The van der Waals surface area contributed by atoms with Crippen LogP contribution in [-0.4, -0.2) is 51.2 Å². The molecule has 100 valence electrons. The van der Waals surface area contributed by atoms with Crippen LogP contribution in [0.5, 0.6) is 0 Å². The third kappa shape index (κ3) is 3.25. The third-order valence-corrected chi connectivity index (χ3v) is 4.28. The summed E-state index contributed by atoms with van der Waals surface area (Å²) in [4.78, 5) is 4.77. The molecular formula is C14H22BrN3. The Balaban J connectivity index is 2.04. The maximum Gasteiger partial charge on any atom is 0.0508 e. The predicted molar refractivity (Wildman–Crippen MR) is 81.4 cm³/mol. The van der Waals surface area contributed by atoms with Gasteiger partial charge in [0.1, 0.15) is 0 Å². The smallest absolute Gasteiger partial charge is 0.0508 e. The van der Waals surface area contributed by atoms with E-state index in [2.05, 4.69) is 70.3 Å². The summed E-state index contributed by atoms with van der Waals surface area (Å²) < 4.78 is 1.18. The number of anilines is 1. The number of nitrogens with zero attached hydrogens (tertiary/aromatic N) is 2. The van der Waals surface area contributed by atoms with Gasteiger partial charge < -0.3 is 10.2 Å². The van der Waals surface area contributed by atoms with E-state index in [0.717, 1.165) is 26.2 Å². The van der Waals surface area contributed by atoms with Crippen LogP contribution in [0.25, 0.3) is 0 Å². The van der Waals surface area contributed by atoms with Crippen molar-refractivity contribution in [1.29, 1.82) is 0 Å². The normalized spacial score (nSPS) is 21.0. The van der Waals surface area contributed by atoms with E-state index in [-0.39, 0.29) is 0 Å². The molecule has 0 aliphatic carbocycles. The molecule has 1 unspecified atom stereocenters. The Bertz CT molecular complexity index is 408. The first-order valence-electron chi connectivity index (χ1n) is 6.46. The second kappa shape index (κ2) is 6.04. The quantitative estimate of drug-likeness (QED) is 0.922. The number of piperazine rings is 1. The minimum Gasteiger partial charge on any atom is -0.372 e. The highest BCUT2D eigenvalue weighted by molar-refractivity contribution is 9.10. The van der Waals surface area contributed by atoms with Crippen LogP contribution in [0.2, 0.25) is 0 Å². The Morgan fingerprint density at radius 1 is 1.50 bits per heavy atom. The molecule has 0 aromatic heterocycles. The van der Waals surface area contributed by atoms with E-state index in [1.54, 1.807) is 0 Å². The SMILES string of the molecule is Cc1ccc(N(C)CC2CNCCN2C)c(Br)c1. The number of hydrogen-bond acceptors (Lipinski definition) is 3. The second-order valence-electron chi connectivity index (χ2n) is 5.17. The van der Waals surface area contributed by atoms with Crippen molar-refractivity contribution in [2.24, 2.45) is 0 Å². The molecule has 1 saturated heterocycles. The van der Waals surface area contributed by atoms with E-state index < -0.39 is 0 Å². The highest BCUT2D eigenvalue weighted by atomic mass is 79.9. The fraction of sp³-hybridized carbons (Fsp3) is 0.571. The maximum absolute atomic E-state index is 3.66. The topological polar surface area (TPSA) is 18.5 Å². The van der Waals surface area contributed by atoms with Gasteiger partial charge in [-0.3, -0.25) is 4.90 Å². The van der Waals surface area contributed by atoms with Gasteiger partial charge in [-0.25, -0.2) is 0 Å². The second-order valence-corrected chi connectivity index (χ2v) is 6.03. The number of halogens is 1. The molecule has 0 amide bonds. The van der Waals surface area contributed by atoms with Crippen LogP contribution in [0, 0.1) is 6.92 Å². The van der Waals surface area contributed by atoms with E-state index in [1.807, 2.05) is 0 Å². The molecule has 2 rings (SSSR count). The van der Waals surface area contributed by atoms with Gasteiger partial charge in [-0.1, -0.05) is 6.07 Å². The van der Waals surface area contributed by atoms with Gasteiger partial charge in [-0.05, 0) is 47.6 Å². The van der Waals surface area contributed by atoms with Crippen molar-refractivity contribution in [3.63, 3.8) is 0 Å². The molecule has 18 heavy (non-hydrogen) atoms. The zero-order chi connectivity index (χ0) is 13.1. The predicted octanol–water partition coefficient (Wildman–Crippen LogP) is 2.10. The molecule has 4 heteroatoms. The van der Waals surface area contributed by atoms with Gasteiger partial charge in [0.2, 0.25) is 0 Å². The molecule has 0 saturated carbocycles. The van der Waals surface area contributed by atoms with E-state index in [1.165, 1.54) is 15.7 Å². The van der Waals surface area contributed by atoms with Gasteiger partial charge in [0.25, 0.3) is 0 Å². The average Bonchev–Trinajstić information content (AvgIpc) is 2.32. The summed E-state index contributed by atoms with van der Waals surface area (Å²) in [5.74, 6) is 0. The number of rotatable bonds is 3. The first-order valence-corrected chi connectivity index (χ1v) is 7.25. The fourth-order valence-electron chi connectivity index (χ4n) is 2.40. The molecular weight excluding hydrogens is 290 g/mol. The first-order chi connectivity index (χ1) is 8.58. The maximum atomic E-state index is 3.66. The van der Waals surface area contributed by atoms with Gasteiger partial charge >= 0.3 is 0 Å². The number of nitrogens with one attached hydrogen (secondary N) is 1. The highest BCUT2D eigenvalue weighted by Gasteiger charge is 2.20. The van der Waals surface area contributed by atoms with Crippen LogP contribution in [0.1, 0.15) is 5.56 Å². The first kappa shape index (κ1) is 13.8. The lowest BCUT2D eigenvalue weighted by Crippen LogP contribution is -2.53. The third-order valence-electron chi connectivity index (χ3n) is 3.64. The molecule has 0 radical (unpaired) electrons. The van der Waals surface area contributed by atoms with E-state index in [0.29, 0.717) is 6.04 Å². The summed E-state index contributed by atoms with van der Waals surface area (Å²) in [5, 5.41) is 3.47. The lowest BCUT2D eigenvalue weighted by molar-refractivity contribution is 0.204. The van der Waals surface area contributed by atoms with Crippen molar-refractivity contribution >= 4 is 21.6 Å². The Morgan fingerprint density at radius 3 is 2.94 bits per heavy atom. The van der Waals surface area contributed by atoms with Gasteiger partial charge in [-0.15, -0.1) is 0 Å². The molecule has 0 bridgehead atoms. The minimum absolute atomic E-state index is 0.581. The molecule has 1 aromatic carbocycles. The zero-order valence-corrected chi connectivity index (χ0v) is 13.0. The molecule has 1 N–H and O–H groups in total. The zero-order valence-electron chi connectivity index (χ0n) is 11.4. The van der Waals surface area contributed by atoms with E-state index in [9.17, 15) is 0 Å². The van der Waals surface area contributed by atoms with Gasteiger partial charge in [0.15, 0.2) is 0 Å². The van der Waals surface area contributed by atoms with Crippen LogP contribution in [0.15, 0.2) is 22.7 Å². The molecule has 1 aromatic rings. The van der Waals surface area contributed by atoms with Crippen LogP contribution < -0.4 is 10.2 Å². The summed E-state index contributed by atoms with van der Waals surface area (Å²) >= 11 is 3.66. The summed E-state index contributed by atoms with van der Waals surface area (Å²) in [5.41, 5.74) is 2.55. The molecule has 1 heterocycles. The molecule has 1 aliphatic rings. The highest BCUT2D eigenvalue weighted by Crippen LogP contribution is 2.26. The van der Waals surface area contributed by atoms with Crippen molar-refractivity contribution in [1.82, 2.24) is 10.2 Å². The number of aryl methyl sites for hydroxylation is 1. The van der Waals surface area contributed by atoms with E-state index in [4.69, 9.17) is 0 Å². The fourth-order valence-corrected chi connectivity index (χ4v) is 3.20. The van der Waals surface area contributed by atoms with Crippen LogP contribution >= 0.6 is 15.9 Å². The molecule has 1 aliphatic heterocycles. The van der Waals surface area contributed by atoms with Gasteiger partial charge in [-0.2, -0.15) is 0 Å². The molecule has 1 fully saturated rings. The molecule has 1 atom stereocenters.